The molecule has 1 aliphatic rings. The first-order valence-corrected chi connectivity index (χ1v) is 7.28. The highest BCUT2D eigenvalue weighted by molar-refractivity contribution is 5.69. The molecule has 0 N–H and O–H groups in total. The van der Waals surface area contributed by atoms with Crippen LogP contribution >= 0.6 is 0 Å². The van der Waals surface area contributed by atoms with Crippen molar-refractivity contribution in [2.75, 3.05) is 13.1 Å². The molecule has 1 aromatic rings. The number of nitro benzene ring substituents is 1. The van der Waals surface area contributed by atoms with Crippen molar-refractivity contribution in [2.45, 2.75) is 38.9 Å². The Morgan fingerprint density at radius 3 is 2.50 bits per heavy atom. The van der Waals surface area contributed by atoms with Gasteiger partial charge in [-0.2, -0.15) is 0 Å². The number of alkyl halides is 2. The van der Waals surface area contributed by atoms with E-state index in [0.717, 1.165) is 18.2 Å². The number of hydrogen-bond donors (Lipinski definition) is 0. The number of carbonyl (C=O) groups excluding carboxylic acids is 1. The maximum atomic E-state index is 12.6. The highest BCUT2D eigenvalue weighted by Crippen LogP contribution is 2.33. The predicted molar refractivity (Wildman–Crippen MR) is 80.3 cm³/mol. The molecule has 0 radical (unpaired) electrons. The first kappa shape index (κ1) is 17.9. The number of benzene rings is 1. The monoisotopic (exact) mass is 344 g/mol. The predicted octanol–water partition coefficient (Wildman–Crippen LogP) is 3.53. The zero-order chi connectivity index (χ0) is 18.1. The van der Waals surface area contributed by atoms with Gasteiger partial charge in [-0.3, -0.25) is 10.1 Å². The third-order valence-electron chi connectivity index (χ3n) is 3.23. The zero-order valence-corrected chi connectivity index (χ0v) is 13.5. The molecule has 0 saturated carbocycles. The smallest absolute Gasteiger partial charge is 0.410 e. The van der Waals surface area contributed by atoms with Crippen LogP contribution in [0.2, 0.25) is 0 Å². The third kappa shape index (κ3) is 4.30. The third-order valence-corrected chi connectivity index (χ3v) is 3.23. The van der Waals surface area contributed by atoms with Crippen molar-refractivity contribution in [2.24, 2.45) is 0 Å². The molecule has 132 valence electrons. The fraction of sp³-hybridized carbons (Fsp3) is 0.533. The minimum atomic E-state index is -2.80. The van der Waals surface area contributed by atoms with Gasteiger partial charge in [0.2, 0.25) is 0 Å². The molecule has 1 amide bonds. The summed E-state index contributed by atoms with van der Waals surface area (Å²) < 4.78 is 35.9. The average molecular weight is 344 g/mol. The Balaban J connectivity index is 1.99. The Kier molecular flexibility index (Phi) is 4.91. The lowest BCUT2D eigenvalue weighted by Gasteiger charge is -2.39. The number of ether oxygens (including phenoxy) is 2. The van der Waals surface area contributed by atoms with E-state index in [2.05, 4.69) is 0 Å². The van der Waals surface area contributed by atoms with Crippen LogP contribution in [0, 0.1) is 10.1 Å². The van der Waals surface area contributed by atoms with Crippen LogP contribution in [-0.4, -0.2) is 40.7 Å². The van der Waals surface area contributed by atoms with E-state index in [1.807, 2.05) is 0 Å². The largest absolute Gasteiger partial charge is 0.480 e. The number of nitro groups is 1. The molecule has 0 spiro atoms. The van der Waals surface area contributed by atoms with E-state index in [1.165, 1.54) is 4.90 Å². The maximum absolute atomic E-state index is 12.6. The summed E-state index contributed by atoms with van der Waals surface area (Å²) in [6, 6.07) is 3.03. The Labute approximate surface area is 137 Å². The van der Waals surface area contributed by atoms with E-state index in [0.29, 0.717) is 0 Å². The second-order valence-corrected chi connectivity index (χ2v) is 6.41. The lowest BCUT2D eigenvalue weighted by atomic mass is 10.1. The maximum Gasteiger partial charge on any atom is 0.410 e. The first-order chi connectivity index (χ1) is 11.1. The number of rotatable bonds is 4. The topological polar surface area (TPSA) is 81.9 Å². The van der Waals surface area contributed by atoms with Crippen LogP contribution in [0.25, 0.3) is 0 Å². The summed E-state index contributed by atoms with van der Waals surface area (Å²) in [5.74, 6) is -0.0989. The van der Waals surface area contributed by atoms with Crippen molar-refractivity contribution in [3.8, 4) is 5.75 Å². The number of halogens is 2. The van der Waals surface area contributed by atoms with Crippen LogP contribution < -0.4 is 4.74 Å². The highest BCUT2D eigenvalue weighted by atomic mass is 19.3. The molecule has 0 aromatic heterocycles. The van der Waals surface area contributed by atoms with Crippen LogP contribution in [0.3, 0.4) is 0 Å². The van der Waals surface area contributed by atoms with E-state index in [9.17, 15) is 23.7 Å². The molecule has 0 atom stereocenters. The molecular formula is C15H18F2N2O5. The fourth-order valence-electron chi connectivity index (χ4n) is 2.08. The van der Waals surface area contributed by atoms with E-state index < -0.39 is 40.4 Å². The normalized spacial score (nSPS) is 15.2. The molecule has 1 aliphatic heterocycles. The zero-order valence-electron chi connectivity index (χ0n) is 13.5. The Hall–Kier alpha value is -2.45. The minimum Gasteiger partial charge on any atom is -0.480 e. The molecule has 1 fully saturated rings. The van der Waals surface area contributed by atoms with Gasteiger partial charge in [0.15, 0.2) is 5.75 Å². The van der Waals surface area contributed by atoms with Gasteiger partial charge < -0.3 is 14.4 Å². The molecule has 0 bridgehead atoms. The van der Waals surface area contributed by atoms with Gasteiger partial charge in [0, 0.05) is 11.6 Å². The van der Waals surface area contributed by atoms with Crippen LogP contribution in [0.4, 0.5) is 19.3 Å². The number of carbonyl (C=O) groups is 1. The van der Waals surface area contributed by atoms with Crippen LogP contribution in [0.15, 0.2) is 18.2 Å². The average Bonchev–Trinajstić information content (AvgIpc) is 2.39. The quantitative estimate of drug-likeness (QED) is 0.616. The summed E-state index contributed by atoms with van der Waals surface area (Å²) in [5.41, 5.74) is -1.59. The molecule has 2 rings (SSSR count). The van der Waals surface area contributed by atoms with Crippen molar-refractivity contribution >= 4 is 11.8 Å². The summed E-state index contributed by atoms with van der Waals surface area (Å²) in [5, 5.41) is 11.0. The second-order valence-electron chi connectivity index (χ2n) is 6.41. The van der Waals surface area contributed by atoms with Crippen LogP contribution in [0.1, 0.15) is 32.8 Å². The Morgan fingerprint density at radius 1 is 1.38 bits per heavy atom. The van der Waals surface area contributed by atoms with Gasteiger partial charge in [0.25, 0.3) is 6.43 Å². The van der Waals surface area contributed by atoms with E-state index in [4.69, 9.17) is 9.47 Å². The van der Waals surface area contributed by atoms with Gasteiger partial charge in [-0.05, 0) is 32.9 Å². The lowest BCUT2D eigenvalue weighted by Crippen LogP contribution is -2.57. The summed E-state index contributed by atoms with van der Waals surface area (Å²) >= 11 is 0. The van der Waals surface area contributed by atoms with Gasteiger partial charge >= 0.3 is 11.8 Å². The number of amides is 1. The molecular weight excluding hydrogens is 326 g/mol. The minimum absolute atomic E-state index is 0.0989. The fourth-order valence-corrected chi connectivity index (χ4v) is 2.08. The Bertz CT molecular complexity index is 639. The van der Waals surface area contributed by atoms with Crippen molar-refractivity contribution in [1.82, 2.24) is 4.90 Å². The summed E-state index contributed by atoms with van der Waals surface area (Å²) in [6.07, 6.45) is -3.75. The van der Waals surface area contributed by atoms with Gasteiger partial charge in [-0.1, -0.05) is 0 Å². The molecule has 1 heterocycles. The highest BCUT2D eigenvalue weighted by Gasteiger charge is 2.36. The van der Waals surface area contributed by atoms with E-state index >= 15 is 0 Å². The van der Waals surface area contributed by atoms with Crippen LogP contribution in [-0.2, 0) is 4.74 Å². The summed E-state index contributed by atoms with van der Waals surface area (Å²) in [7, 11) is 0. The number of likely N-dealkylation sites (tertiary alicyclic amines) is 1. The van der Waals surface area contributed by atoms with E-state index in [-0.39, 0.29) is 18.8 Å². The SMILES string of the molecule is CC(C)(C)OC(=O)N1CC(Oc2ccc(C(F)F)cc2[N+](=O)[O-])C1. The number of nitrogens with zero attached hydrogens (tertiary/aromatic N) is 2. The molecule has 0 aliphatic carbocycles. The van der Waals surface area contributed by atoms with Gasteiger partial charge in [-0.25, -0.2) is 13.6 Å². The standard InChI is InChI=1S/C15H18F2N2O5/c1-15(2,3)24-14(20)18-7-10(8-18)23-12-5-4-9(13(16)17)6-11(12)19(21)22/h4-6,10,13H,7-8H2,1-3H3. The Morgan fingerprint density at radius 2 is 2.00 bits per heavy atom. The van der Waals surface area contributed by atoms with Crippen molar-refractivity contribution in [3.63, 3.8) is 0 Å². The van der Waals surface area contributed by atoms with E-state index in [1.54, 1.807) is 20.8 Å². The van der Waals surface area contributed by atoms with Gasteiger partial charge in [0.05, 0.1) is 18.0 Å². The van der Waals surface area contributed by atoms with Crippen molar-refractivity contribution in [3.05, 3.63) is 33.9 Å². The summed E-state index contributed by atoms with van der Waals surface area (Å²) in [6.45, 7) is 5.65. The summed E-state index contributed by atoms with van der Waals surface area (Å²) in [4.78, 5) is 23.4. The number of hydrogen-bond acceptors (Lipinski definition) is 5. The molecule has 9 heteroatoms. The molecule has 0 unspecified atom stereocenters. The lowest BCUT2D eigenvalue weighted by molar-refractivity contribution is -0.386. The molecule has 24 heavy (non-hydrogen) atoms. The van der Waals surface area contributed by atoms with Gasteiger partial charge in [-0.15, -0.1) is 0 Å². The molecule has 1 aromatic carbocycles. The second kappa shape index (κ2) is 6.58. The molecule has 1 saturated heterocycles. The first-order valence-electron chi connectivity index (χ1n) is 7.28. The van der Waals surface area contributed by atoms with Gasteiger partial charge in [0.1, 0.15) is 11.7 Å². The van der Waals surface area contributed by atoms with Crippen LogP contribution in [0.5, 0.6) is 5.75 Å². The van der Waals surface area contributed by atoms with Crippen molar-refractivity contribution in [1.29, 1.82) is 0 Å². The van der Waals surface area contributed by atoms with Crippen molar-refractivity contribution < 1.29 is 28.0 Å². The molecule has 7 nitrogen and oxygen atoms in total.